The highest BCUT2D eigenvalue weighted by molar-refractivity contribution is 5.91. The molecule has 0 amide bonds. The third-order valence-corrected chi connectivity index (χ3v) is 3.50. The molecule has 1 rings (SSSR count). The molecule has 0 aliphatic rings. The van der Waals surface area contributed by atoms with Crippen molar-refractivity contribution in [3.8, 4) is 6.07 Å². The van der Waals surface area contributed by atoms with Crippen LogP contribution in [0.4, 0.5) is 5.69 Å². The third-order valence-electron chi connectivity index (χ3n) is 3.50. The van der Waals surface area contributed by atoms with E-state index in [2.05, 4.69) is 35.2 Å². The fourth-order valence-corrected chi connectivity index (χ4v) is 2.00. The van der Waals surface area contributed by atoms with Crippen molar-refractivity contribution in [2.24, 2.45) is 0 Å². The van der Waals surface area contributed by atoms with Crippen LogP contribution < -0.4 is 4.90 Å². The Bertz CT molecular complexity index is 815. The number of hydrogen-bond acceptors (Lipinski definition) is 3. The van der Waals surface area contributed by atoms with E-state index in [1.165, 1.54) is 6.08 Å². The largest absolute Gasteiger partial charge is 0.477 e. The maximum absolute atomic E-state index is 10.8. The third kappa shape index (κ3) is 7.50. The van der Waals surface area contributed by atoms with Crippen LogP contribution in [0.2, 0.25) is 0 Å². The van der Waals surface area contributed by atoms with Gasteiger partial charge in [-0.25, -0.2) is 4.79 Å². The highest BCUT2D eigenvalue weighted by Crippen LogP contribution is 2.14. The topological polar surface area (TPSA) is 64.3 Å². The van der Waals surface area contributed by atoms with E-state index < -0.39 is 5.97 Å². The van der Waals surface area contributed by atoms with Gasteiger partial charge in [0.05, 0.1) is 0 Å². The Morgan fingerprint density at radius 2 is 1.65 bits per heavy atom. The maximum Gasteiger partial charge on any atom is 0.346 e. The molecule has 0 saturated heterocycles. The van der Waals surface area contributed by atoms with Crippen molar-refractivity contribution in [3.05, 3.63) is 83.0 Å². The van der Waals surface area contributed by atoms with Gasteiger partial charge in [0.15, 0.2) is 0 Å². The average Bonchev–Trinajstić information content (AvgIpc) is 2.61. The summed E-state index contributed by atoms with van der Waals surface area (Å²) in [6.45, 7) is 3.75. The molecule has 1 aromatic rings. The molecule has 0 unspecified atom stereocenters. The van der Waals surface area contributed by atoms with Gasteiger partial charge in [0, 0.05) is 19.8 Å². The van der Waals surface area contributed by atoms with Gasteiger partial charge in [-0.2, -0.15) is 5.26 Å². The molecule has 0 aromatic heterocycles. The molecule has 0 heterocycles. The van der Waals surface area contributed by atoms with E-state index in [0.717, 1.165) is 16.8 Å². The van der Waals surface area contributed by atoms with E-state index in [0.29, 0.717) is 5.57 Å². The minimum absolute atomic E-state index is 0.276. The minimum Gasteiger partial charge on any atom is -0.477 e. The van der Waals surface area contributed by atoms with Crippen molar-refractivity contribution in [1.29, 1.82) is 5.26 Å². The number of nitriles is 1. The predicted molar refractivity (Wildman–Crippen MR) is 108 cm³/mol. The Labute approximate surface area is 155 Å². The van der Waals surface area contributed by atoms with Gasteiger partial charge in [-0.05, 0) is 43.2 Å². The lowest BCUT2D eigenvalue weighted by molar-refractivity contribution is -0.132. The summed E-state index contributed by atoms with van der Waals surface area (Å²) in [4.78, 5) is 12.8. The number of nitrogens with zero attached hydrogens (tertiary/aromatic N) is 2. The van der Waals surface area contributed by atoms with Gasteiger partial charge in [0.25, 0.3) is 0 Å². The molecular weight excluding hydrogens is 324 g/mol. The van der Waals surface area contributed by atoms with E-state index >= 15 is 0 Å². The smallest absolute Gasteiger partial charge is 0.346 e. The van der Waals surface area contributed by atoms with Crippen LogP contribution in [-0.4, -0.2) is 25.2 Å². The number of allylic oxidation sites excluding steroid dienone is 8. The molecule has 0 atom stereocenters. The second kappa shape index (κ2) is 10.5. The fraction of sp³-hybridized carbons (Fsp3) is 0.182. The van der Waals surface area contributed by atoms with Crippen molar-refractivity contribution in [3.63, 3.8) is 0 Å². The molecular formula is C22H24N2O2. The van der Waals surface area contributed by atoms with Crippen LogP contribution in [0.5, 0.6) is 0 Å². The van der Waals surface area contributed by atoms with Gasteiger partial charge in [-0.15, -0.1) is 0 Å². The van der Waals surface area contributed by atoms with Crippen molar-refractivity contribution >= 4 is 17.7 Å². The number of benzene rings is 1. The van der Waals surface area contributed by atoms with Crippen molar-refractivity contribution in [1.82, 2.24) is 0 Å². The lowest BCUT2D eigenvalue weighted by Gasteiger charge is -2.11. The Balaban J connectivity index is 2.70. The van der Waals surface area contributed by atoms with E-state index in [9.17, 15) is 4.79 Å². The molecule has 0 radical (unpaired) electrons. The summed E-state index contributed by atoms with van der Waals surface area (Å²) in [6.07, 6.45) is 12.8. The van der Waals surface area contributed by atoms with Crippen LogP contribution in [0.1, 0.15) is 19.4 Å². The molecule has 1 aromatic carbocycles. The zero-order chi connectivity index (χ0) is 19.5. The molecule has 0 spiro atoms. The normalized spacial score (nSPS) is 13.3. The SMILES string of the molecule is CC(C=Cc1ccc(N(C)C)cc1)=CC=CC=C(C)C=C(C#N)C(=O)O. The van der Waals surface area contributed by atoms with Gasteiger partial charge in [-0.1, -0.05) is 54.2 Å². The molecule has 0 bridgehead atoms. The minimum atomic E-state index is -1.22. The van der Waals surface area contributed by atoms with Crippen molar-refractivity contribution in [2.45, 2.75) is 13.8 Å². The molecule has 4 heteroatoms. The summed E-state index contributed by atoms with van der Waals surface area (Å²) >= 11 is 0. The van der Waals surface area contributed by atoms with Gasteiger partial charge in [-0.3, -0.25) is 0 Å². The Morgan fingerprint density at radius 1 is 1.08 bits per heavy atom. The number of carbonyl (C=O) groups is 1. The van der Waals surface area contributed by atoms with Crippen LogP contribution in [0.15, 0.2) is 77.4 Å². The highest BCUT2D eigenvalue weighted by atomic mass is 16.4. The summed E-state index contributed by atoms with van der Waals surface area (Å²) in [5.74, 6) is -1.22. The summed E-state index contributed by atoms with van der Waals surface area (Å²) in [6, 6.07) is 9.95. The highest BCUT2D eigenvalue weighted by Gasteiger charge is 2.04. The molecule has 26 heavy (non-hydrogen) atoms. The number of carboxylic acids is 1. The summed E-state index contributed by atoms with van der Waals surface area (Å²) in [7, 11) is 4.03. The fourth-order valence-electron chi connectivity index (χ4n) is 2.00. The van der Waals surface area contributed by atoms with Crippen LogP contribution in [0, 0.1) is 11.3 Å². The van der Waals surface area contributed by atoms with Gasteiger partial charge >= 0.3 is 5.97 Å². The van der Waals surface area contributed by atoms with Crippen LogP contribution in [-0.2, 0) is 4.79 Å². The molecule has 1 N–H and O–H groups in total. The molecule has 0 aliphatic heterocycles. The van der Waals surface area contributed by atoms with E-state index in [1.54, 1.807) is 19.1 Å². The molecule has 0 saturated carbocycles. The van der Waals surface area contributed by atoms with E-state index in [1.807, 2.05) is 45.3 Å². The number of aliphatic carboxylic acids is 1. The first-order chi connectivity index (χ1) is 12.3. The molecule has 134 valence electrons. The monoisotopic (exact) mass is 348 g/mol. The summed E-state index contributed by atoms with van der Waals surface area (Å²) in [5.41, 5.74) is 3.80. The first kappa shape index (κ1) is 20.7. The first-order valence-corrected chi connectivity index (χ1v) is 8.16. The second-order valence-electron chi connectivity index (χ2n) is 6.00. The van der Waals surface area contributed by atoms with Crippen LogP contribution in [0.25, 0.3) is 6.08 Å². The average molecular weight is 348 g/mol. The zero-order valence-electron chi connectivity index (χ0n) is 15.6. The van der Waals surface area contributed by atoms with Crippen LogP contribution in [0.3, 0.4) is 0 Å². The molecule has 0 aliphatic carbocycles. The Hall–Kier alpha value is -3.32. The molecule has 0 fully saturated rings. The number of hydrogen-bond donors (Lipinski definition) is 1. The summed E-state index contributed by atoms with van der Waals surface area (Å²) in [5, 5.41) is 17.5. The number of anilines is 1. The van der Waals surface area contributed by atoms with Crippen LogP contribution >= 0.6 is 0 Å². The lowest BCUT2D eigenvalue weighted by Crippen LogP contribution is -2.07. The maximum atomic E-state index is 10.8. The first-order valence-electron chi connectivity index (χ1n) is 8.16. The standard InChI is InChI=1S/C22H24N2O2/c1-17(9-10-19-11-13-21(14-12-19)24(3)4)7-5-6-8-18(2)15-20(16-23)22(25)26/h5-15H,1-4H3,(H,25,26). The quantitative estimate of drug-likeness (QED) is 0.439. The predicted octanol–water partition coefficient (Wildman–Crippen LogP) is 4.75. The summed E-state index contributed by atoms with van der Waals surface area (Å²) < 4.78 is 0. The van der Waals surface area contributed by atoms with Crippen molar-refractivity contribution in [2.75, 3.05) is 19.0 Å². The Kier molecular flexibility index (Phi) is 8.39. The number of carboxylic acid groups (broad SMARTS) is 1. The Morgan fingerprint density at radius 3 is 2.15 bits per heavy atom. The van der Waals surface area contributed by atoms with Gasteiger partial charge in [0.2, 0.25) is 0 Å². The zero-order valence-corrected chi connectivity index (χ0v) is 15.6. The van der Waals surface area contributed by atoms with E-state index in [-0.39, 0.29) is 5.57 Å². The second-order valence-corrected chi connectivity index (χ2v) is 6.00. The van der Waals surface area contributed by atoms with Gasteiger partial charge < -0.3 is 10.0 Å². The van der Waals surface area contributed by atoms with Gasteiger partial charge in [0.1, 0.15) is 11.6 Å². The lowest BCUT2D eigenvalue weighted by atomic mass is 10.1. The van der Waals surface area contributed by atoms with Crippen molar-refractivity contribution < 1.29 is 9.90 Å². The van der Waals surface area contributed by atoms with E-state index in [4.69, 9.17) is 10.4 Å². The molecule has 4 nitrogen and oxygen atoms in total. The number of rotatable bonds is 7.